The van der Waals surface area contributed by atoms with Crippen LogP contribution in [0.15, 0.2) is 51.4 Å². The SMILES string of the molecule is Oc1cc2cc(-c3ccc(Br)cc3)oc2cc1O. The first-order chi connectivity index (χ1) is 8.63. The van der Waals surface area contributed by atoms with Crippen molar-refractivity contribution in [2.24, 2.45) is 0 Å². The van der Waals surface area contributed by atoms with Crippen LogP contribution in [0.3, 0.4) is 0 Å². The van der Waals surface area contributed by atoms with Crippen LogP contribution in [0, 0.1) is 0 Å². The van der Waals surface area contributed by atoms with Gasteiger partial charge in [0.2, 0.25) is 0 Å². The minimum absolute atomic E-state index is 0.148. The number of hydrogen-bond acceptors (Lipinski definition) is 3. The third-order valence-electron chi connectivity index (χ3n) is 2.74. The molecule has 0 unspecified atom stereocenters. The second-order valence-electron chi connectivity index (χ2n) is 4.00. The summed E-state index contributed by atoms with van der Waals surface area (Å²) in [6, 6.07) is 12.4. The predicted octanol–water partition coefficient (Wildman–Crippen LogP) is 4.27. The van der Waals surface area contributed by atoms with E-state index in [1.54, 1.807) is 0 Å². The van der Waals surface area contributed by atoms with Gasteiger partial charge in [0.25, 0.3) is 0 Å². The zero-order valence-electron chi connectivity index (χ0n) is 9.22. The molecule has 0 aliphatic carbocycles. The Bertz CT molecular complexity index is 675. The summed E-state index contributed by atoms with van der Waals surface area (Å²) in [6.45, 7) is 0. The highest BCUT2D eigenvalue weighted by Crippen LogP contribution is 2.35. The highest BCUT2D eigenvalue weighted by Gasteiger charge is 2.09. The lowest BCUT2D eigenvalue weighted by Crippen LogP contribution is -1.71. The monoisotopic (exact) mass is 304 g/mol. The molecule has 0 saturated heterocycles. The van der Waals surface area contributed by atoms with Gasteiger partial charge in [0.15, 0.2) is 11.5 Å². The van der Waals surface area contributed by atoms with E-state index in [1.807, 2.05) is 30.3 Å². The van der Waals surface area contributed by atoms with E-state index in [0.717, 1.165) is 15.4 Å². The van der Waals surface area contributed by atoms with E-state index in [-0.39, 0.29) is 11.5 Å². The van der Waals surface area contributed by atoms with Gasteiger partial charge in [0.1, 0.15) is 11.3 Å². The quantitative estimate of drug-likeness (QED) is 0.660. The molecule has 0 aliphatic heterocycles. The predicted molar refractivity (Wildman–Crippen MR) is 72.7 cm³/mol. The van der Waals surface area contributed by atoms with Gasteiger partial charge in [-0.3, -0.25) is 0 Å². The van der Waals surface area contributed by atoms with E-state index < -0.39 is 0 Å². The summed E-state index contributed by atoms with van der Waals surface area (Å²) in [4.78, 5) is 0. The molecule has 3 rings (SSSR count). The van der Waals surface area contributed by atoms with Crippen molar-refractivity contribution in [2.75, 3.05) is 0 Å². The summed E-state index contributed by atoms with van der Waals surface area (Å²) in [7, 11) is 0. The maximum Gasteiger partial charge on any atom is 0.161 e. The molecule has 0 bridgehead atoms. The number of phenols is 2. The highest BCUT2D eigenvalue weighted by atomic mass is 79.9. The molecule has 3 aromatic rings. The Morgan fingerprint density at radius 3 is 2.28 bits per heavy atom. The second kappa shape index (κ2) is 4.07. The van der Waals surface area contributed by atoms with Crippen molar-refractivity contribution < 1.29 is 14.6 Å². The Morgan fingerprint density at radius 1 is 0.889 bits per heavy atom. The number of furan rings is 1. The molecule has 3 nitrogen and oxygen atoms in total. The molecule has 0 aliphatic rings. The molecular weight excluding hydrogens is 296 g/mol. The number of hydrogen-bond donors (Lipinski definition) is 2. The highest BCUT2D eigenvalue weighted by molar-refractivity contribution is 9.10. The van der Waals surface area contributed by atoms with Crippen LogP contribution in [0.25, 0.3) is 22.3 Å². The summed E-state index contributed by atoms with van der Waals surface area (Å²) < 4.78 is 6.64. The van der Waals surface area contributed by atoms with E-state index in [0.29, 0.717) is 11.3 Å². The van der Waals surface area contributed by atoms with Crippen LogP contribution in [0.5, 0.6) is 11.5 Å². The fourth-order valence-corrected chi connectivity index (χ4v) is 2.08. The lowest BCUT2D eigenvalue weighted by atomic mass is 10.1. The first-order valence-corrected chi connectivity index (χ1v) is 6.14. The third-order valence-corrected chi connectivity index (χ3v) is 3.27. The van der Waals surface area contributed by atoms with Crippen LogP contribution in [0.1, 0.15) is 0 Å². The topological polar surface area (TPSA) is 53.6 Å². The van der Waals surface area contributed by atoms with Crippen molar-refractivity contribution in [1.29, 1.82) is 0 Å². The Kier molecular flexibility index (Phi) is 2.52. The van der Waals surface area contributed by atoms with E-state index in [4.69, 9.17) is 4.42 Å². The van der Waals surface area contributed by atoms with Crippen LogP contribution in [0.2, 0.25) is 0 Å². The molecule has 1 heterocycles. The molecule has 2 N–H and O–H groups in total. The number of halogens is 1. The van der Waals surface area contributed by atoms with Gasteiger partial charge in [-0.1, -0.05) is 28.1 Å². The molecule has 0 atom stereocenters. The number of aromatic hydroxyl groups is 2. The van der Waals surface area contributed by atoms with E-state index in [1.165, 1.54) is 12.1 Å². The van der Waals surface area contributed by atoms with Gasteiger partial charge in [0.05, 0.1) is 0 Å². The van der Waals surface area contributed by atoms with Crippen molar-refractivity contribution in [3.63, 3.8) is 0 Å². The fraction of sp³-hybridized carbons (Fsp3) is 0. The molecule has 90 valence electrons. The molecule has 4 heteroatoms. The molecular formula is C14H9BrO3. The number of phenolic OH excluding ortho intramolecular Hbond substituents is 2. The Hall–Kier alpha value is -1.94. The van der Waals surface area contributed by atoms with Gasteiger partial charge < -0.3 is 14.6 Å². The standard InChI is InChI=1S/C14H9BrO3/c15-10-3-1-8(2-4-10)13-6-9-5-11(16)12(17)7-14(9)18-13/h1-7,16-17H. The van der Waals surface area contributed by atoms with Gasteiger partial charge in [-0.25, -0.2) is 0 Å². The van der Waals surface area contributed by atoms with Gasteiger partial charge in [0, 0.05) is 21.5 Å². The van der Waals surface area contributed by atoms with Crippen LogP contribution in [-0.2, 0) is 0 Å². The second-order valence-corrected chi connectivity index (χ2v) is 4.91. The van der Waals surface area contributed by atoms with Crippen molar-refractivity contribution in [1.82, 2.24) is 0 Å². The van der Waals surface area contributed by atoms with E-state index >= 15 is 0 Å². The maximum atomic E-state index is 9.44. The average molecular weight is 305 g/mol. The summed E-state index contributed by atoms with van der Waals surface area (Å²) in [5.74, 6) is 0.368. The minimum Gasteiger partial charge on any atom is -0.504 e. The fourth-order valence-electron chi connectivity index (χ4n) is 1.82. The Balaban J connectivity index is 2.16. The first-order valence-electron chi connectivity index (χ1n) is 5.35. The minimum atomic E-state index is -0.181. The summed E-state index contributed by atoms with van der Waals surface area (Å²) in [5.41, 5.74) is 1.48. The molecule has 1 aromatic heterocycles. The Morgan fingerprint density at radius 2 is 1.56 bits per heavy atom. The molecule has 0 spiro atoms. The van der Waals surface area contributed by atoms with Gasteiger partial charge in [-0.15, -0.1) is 0 Å². The van der Waals surface area contributed by atoms with Crippen LogP contribution < -0.4 is 0 Å². The molecule has 0 fully saturated rings. The smallest absolute Gasteiger partial charge is 0.161 e. The number of rotatable bonds is 1. The number of fused-ring (bicyclic) bond motifs is 1. The normalized spacial score (nSPS) is 10.9. The van der Waals surface area contributed by atoms with Crippen molar-refractivity contribution in [3.8, 4) is 22.8 Å². The molecule has 0 saturated carbocycles. The van der Waals surface area contributed by atoms with Gasteiger partial charge in [-0.2, -0.15) is 0 Å². The van der Waals surface area contributed by atoms with E-state index in [9.17, 15) is 10.2 Å². The molecule has 0 radical (unpaired) electrons. The maximum absolute atomic E-state index is 9.44. The third kappa shape index (κ3) is 1.84. The summed E-state index contributed by atoms with van der Waals surface area (Å²) in [5, 5.41) is 19.6. The zero-order valence-corrected chi connectivity index (χ0v) is 10.8. The largest absolute Gasteiger partial charge is 0.504 e. The van der Waals surface area contributed by atoms with Gasteiger partial charge in [-0.05, 0) is 24.3 Å². The summed E-state index contributed by atoms with van der Waals surface area (Å²) >= 11 is 3.37. The number of benzene rings is 2. The van der Waals surface area contributed by atoms with Crippen LogP contribution >= 0.6 is 15.9 Å². The lowest BCUT2D eigenvalue weighted by molar-refractivity contribution is 0.404. The van der Waals surface area contributed by atoms with Crippen molar-refractivity contribution in [2.45, 2.75) is 0 Å². The molecule has 18 heavy (non-hydrogen) atoms. The Labute approximate surface area is 111 Å². The van der Waals surface area contributed by atoms with Gasteiger partial charge >= 0.3 is 0 Å². The van der Waals surface area contributed by atoms with Crippen molar-refractivity contribution >= 4 is 26.9 Å². The average Bonchev–Trinajstić information content (AvgIpc) is 2.73. The molecule has 0 amide bonds. The van der Waals surface area contributed by atoms with E-state index in [2.05, 4.69) is 15.9 Å². The lowest BCUT2D eigenvalue weighted by Gasteiger charge is -1.96. The van der Waals surface area contributed by atoms with Crippen molar-refractivity contribution in [3.05, 3.63) is 46.9 Å². The van der Waals surface area contributed by atoms with Crippen LogP contribution in [-0.4, -0.2) is 10.2 Å². The molecule has 2 aromatic carbocycles. The summed E-state index contributed by atoms with van der Waals surface area (Å²) in [6.07, 6.45) is 0. The first kappa shape index (κ1) is 11.2. The van der Waals surface area contributed by atoms with Crippen LogP contribution in [0.4, 0.5) is 0 Å². The zero-order chi connectivity index (χ0) is 12.7.